The van der Waals surface area contributed by atoms with Crippen LogP contribution in [0.15, 0.2) is 284 Å². The van der Waals surface area contributed by atoms with Crippen molar-refractivity contribution in [1.82, 2.24) is 0 Å². The number of hydrogen-bond acceptors (Lipinski definition) is 4. The summed E-state index contributed by atoms with van der Waals surface area (Å²) in [5, 5.41) is 7.35. The van der Waals surface area contributed by atoms with Crippen molar-refractivity contribution in [3.8, 4) is 89.5 Å². The fourth-order valence-corrected chi connectivity index (χ4v) is 19.9. The van der Waals surface area contributed by atoms with Gasteiger partial charge in [0.1, 0.15) is 72.9 Å². The Morgan fingerprint density at radius 3 is 0.852 bits per heavy atom. The summed E-state index contributed by atoms with van der Waals surface area (Å²) < 4.78 is 133. The number of hydrogen-bond donors (Lipinski definition) is 0. The molecule has 135 heavy (non-hydrogen) atoms. The number of rotatable bonds is 11. The molecule has 0 spiro atoms. The van der Waals surface area contributed by atoms with Crippen LogP contribution < -0.4 is 18.3 Å². The molecular weight excluding hydrogens is 1650 g/mol. The van der Waals surface area contributed by atoms with Crippen molar-refractivity contribution in [2.75, 3.05) is 0 Å². The Morgan fingerprint density at radius 1 is 0.304 bits per heavy atom. The van der Waals surface area contributed by atoms with E-state index in [1.54, 1.807) is 13.8 Å². The lowest BCUT2D eigenvalue weighted by molar-refractivity contribution is -0.667. The van der Waals surface area contributed by atoms with Crippen molar-refractivity contribution < 1.29 is 51.0 Å². The number of aromatic nitrogens is 4. The maximum atomic E-state index is 9.24. The fraction of sp³-hybridized carbons (Fsp3) is 0.220. The van der Waals surface area contributed by atoms with Crippen molar-refractivity contribution in [1.29, 1.82) is 0 Å². The number of pyridine rings is 4. The summed E-state index contributed by atoms with van der Waals surface area (Å²) in [4.78, 5) is 15.1. The summed E-state index contributed by atoms with van der Waals surface area (Å²) in [6, 6.07) is 72.4. The highest BCUT2D eigenvalue weighted by atomic mass is 16.3. The lowest BCUT2D eigenvalue weighted by Gasteiger charge is -2.22. The molecule has 22 rings (SSSR count). The highest BCUT2D eigenvalue weighted by molar-refractivity contribution is 6.19. The van der Waals surface area contributed by atoms with E-state index in [4.69, 9.17) is 56.3 Å². The summed E-state index contributed by atoms with van der Waals surface area (Å²) in [5.74, 6) is -2.75. The van der Waals surface area contributed by atoms with Gasteiger partial charge in [-0.3, -0.25) is 0 Å². The predicted molar refractivity (Wildman–Crippen MR) is 552 cm³/mol. The van der Waals surface area contributed by atoms with E-state index in [0.29, 0.717) is 125 Å². The zero-order chi connectivity index (χ0) is 104. The molecule has 0 aliphatic heterocycles. The SMILES string of the molecule is [2H]c1c(C([2H])(C)C)c([2H])c(-c2c(C)ccc3c2oc2c(-c4ccccc4)c([N+]#[C-])ccc23)[n+](C)c1C.[2H]c1c(C)c([2H])c(-c2c(C)ccc3c2oc2c(-c4ccccc4)c([N+]#[C-])ccc23)[n+](C)c1C.[2H]c1c([2H])c(-c2c(C)ccc3c2oc2c(-c4ccccc4)c([N+]#[C-])ccc23)[n+](C)c(C)c1C1([2H])CCCC1.[2H]c1c([2H])c(-c2c(C)ccc3c2oc2c(-c4ccccc4)c([N+]#[C-])ccc23)[n+](C)c(C)c1C1([2H])CCCCC1. The van der Waals surface area contributed by atoms with Crippen molar-refractivity contribution in [2.24, 2.45) is 28.2 Å². The Hall–Kier alpha value is -15.6. The first kappa shape index (κ1) is 76.0. The van der Waals surface area contributed by atoms with Gasteiger partial charge in [-0.15, -0.1) is 0 Å². The maximum absolute atomic E-state index is 9.24. The Balaban J connectivity index is 0.000000123. The van der Waals surface area contributed by atoms with Crippen LogP contribution in [0.2, 0.25) is 0 Å². The minimum Gasteiger partial charge on any atom is -0.456 e. The standard InChI is InChI=1S/C33H31N2O.C32H29N2O.C30H27N2O.C28H23N2O/c1-21-15-16-26-27-17-19-28(34-3)31(24-13-9-6-10-14-24)33(27)36-32(26)30(21)29-20-18-25(22(2)35(29)4)23-11-7-5-8-12-23;1-20-14-15-25-26-16-18-27(33-3)30(23-12-6-5-7-13-23)32(26)35-31(25)29(20)28-19-17-24(21(2)34(28)4)22-10-8-9-11-22;1-18(2)22-16-20(4)32(6)26(17-22)27-19(3)12-13-23-24-14-15-25(31-5)28(30(24)33-29(23)27)21-10-8-7-9-11-21;1-17-15-19(3)30(5)24(16-17)25-18(2)11-12-21-22-13-14-23(29-4)26(28(22)31-27(21)25)20-9-7-6-8-10-20/h6,9-10,13-20,23H,5,7-8,11-12H2,1-2,4H3;5-7,12-19,22H,8-11H2,1-2,4H3;7-18H,1-4,6H3;6-16H,1-3,5H3/q4*+1/i18D,20D,23D;17D,19D,22D;16D,17D,18D;15D,16D. The average molecular weight is 1780 g/mol. The predicted octanol–water partition coefficient (Wildman–Crippen LogP) is 32.8. The molecule has 0 saturated heterocycles. The highest BCUT2D eigenvalue weighted by Crippen LogP contribution is 2.51. The van der Waals surface area contributed by atoms with Crippen LogP contribution in [0.5, 0.6) is 0 Å². The van der Waals surface area contributed by atoms with Gasteiger partial charge in [0.15, 0.2) is 45.5 Å². The Kier molecular flexibility index (Phi) is 20.8. The van der Waals surface area contributed by atoms with E-state index in [1.165, 1.54) is 0 Å². The second-order valence-corrected chi connectivity index (χ2v) is 35.9. The first-order chi connectivity index (χ1) is 69.9. The Labute approximate surface area is 806 Å². The third kappa shape index (κ3) is 15.9. The van der Waals surface area contributed by atoms with Crippen LogP contribution in [-0.2, 0) is 28.2 Å². The molecule has 2 aliphatic carbocycles. The molecule has 8 aromatic heterocycles. The molecular formula is C123H110N8O4+4. The molecule has 12 aromatic carbocycles. The molecule has 0 bridgehead atoms. The molecule has 662 valence electrons. The summed E-state index contributed by atoms with van der Waals surface area (Å²) in [6.07, 6.45) is 7.95. The quantitative estimate of drug-likeness (QED) is 0.0954. The highest BCUT2D eigenvalue weighted by Gasteiger charge is 2.34. The molecule has 12 heteroatoms. The van der Waals surface area contributed by atoms with Crippen LogP contribution in [-0.4, -0.2) is 0 Å². The molecule has 0 unspecified atom stereocenters. The first-order valence-electron chi connectivity index (χ1n) is 51.6. The lowest BCUT2D eigenvalue weighted by atomic mass is 9.83. The van der Waals surface area contributed by atoms with Gasteiger partial charge in [-0.1, -0.05) is 264 Å². The molecule has 12 nitrogen and oxygen atoms in total. The molecule has 2 aliphatic rings. The van der Waals surface area contributed by atoms with E-state index in [9.17, 15) is 2.74 Å². The average Bonchev–Trinajstić information content (AvgIpc) is 1.22. The monoisotopic (exact) mass is 1770 g/mol. The number of nitrogens with zero attached hydrogens (tertiary/aromatic N) is 8. The minimum absolute atomic E-state index is 0.118. The summed E-state index contributed by atoms with van der Waals surface area (Å²) >= 11 is 0. The van der Waals surface area contributed by atoms with Gasteiger partial charge in [0.05, 0.1) is 59.5 Å². The molecule has 0 atom stereocenters. The van der Waals surface area contributed by atoms with Crippen LogP contribution in [0.4, 0.5) is 22.7 Å². The summed E-state index contributed by atoms with van der Waals surface area (Å²) in [7, 11) is 7.62. The second-order valence-electron chi connectivity index (χ2n) is 35.9. The van der Waals surface area contributed by atoms with Gasteiger partial charge < -0.3 is 17.7 Å². The topological polar surface area (TPSA) is 85.5 Å². The third-order valence-electron chi connectivity index (χ3n) is 27.4. The Morgan fingerprint density at radius 2 is 0.563 bits per heavy atom. The number of aryl methyl sites for hydroxylation is 4. The van der Waals surface area contributed by atoms with Crippen LogP contribution in [0.3, 0.4) is 0 Å². The molecule has 20 aromatic rings. The van der Waals surface area contributed by atoms with Crippen molar-refractivity contribution in [3.05, 3.63) is 380 Å². The van der Waals surface area contributed by atoms with Crippen molar-refractivity contribution in [2.45, 2.75) is 152 Å². The molecule has 0 radical (unpaired) electrons. The zero-order valence-corrected chi connectivity index (χ0v) is 78.9. The molecule has 8 heterocycles. The van der Waals surface area contributed by atoms with Gasteiger partial charge in [-0.25, -0.2) is 19.4 Å². The first-order valence-corrected chi connectivity index (χ1v) is 46.1. The van der Waals surface area contributed by atoms with E-state index in [0.717, 1.165) is 213 Å². The van der Waals surface area contributed by atoms with E-state index in [1.807, 2.05) is 315 Å². The summed E-state index contributed by atoms with van der Waals surface area (Å²) in [6.45, 7) is 52.0. The van der Waals surface area contributed by atoms with Crippen molar-refractivity contribution >= 4 is 111 Å². The van der Waals surface area contributed by atoms with E-state index in [2.05, 4.69) is 31.5 Å². The van der Waals surface area contributed by atoms with Gasteiger partial charge in [0.25, 0.3) is 0 Å². The second kappa shape index (κ2) is 36.9. The maximum Gasteiger partial charge on any atom is 0.216 e. The normalized spacial score (nSPS) is 14.6. The minimum atomic E-state index is -1.11. The fourth-order valence-electron chi connectivity index (χ4n) is 19.9. The molecule has 2 saturated carbocycles. The van der Waals surface area contributed by atoms with E-state index in [-0.39, 0.29) is 36.3 Å². The van der Waals surface area contributed by atoms with Gasteiger partial charge in [-0.05, 0) is 146 Å². The summed E-state index contributed by atoms with van der Waals surface area (Å²) in [5.41, 5.74) is 29.3. The van der Waals surface area contributed by atoms with E-state index < -0.39 is 17.7 Å². The van der Waals surface area contributed by atoms with E-state index >= 15 is 0 Å². The van der Waals surface area contributed by atoms with Gasteiger partial charge in [0.2, 0.25) is 22.8 Å². The van der Waals surface area contributed by atoms with Crippen LogP contribution in [0.25, 0.3) is 197 Å². The van der Waals surface area contributed by atoms with Crippen LogP contribution in [0.1, 0.15) is 172 Å². The molecule has 0 amide bonds. The Bertz CT molecular complexity index is 8940. The number of furan rings is 4. The smallest absolute Gasteiger partial charge is 0.216 e. The van der Waals surface area contributed by atoms with Crippen molar-refractivity contribution in [3.63, 3.8) is 0 Å². The molecule has 2 fully saturated rings. The van der Waals surface area contributed by atoms with Gasteiger partial charge in [-0.2, -0.15) is 18.3 Å². The lowest BCUT2D eigenvalue weighted by Crippen LogP contribution is -2.36. The number of benzene rings is 12. The zero-order valence-electron chi connectivity index (χ0n) is 89.9. The van der Waals surface area contributed by atoms with Crippen LogP contribution in [0, 0.1) is 88.6 Å². The van der Waals surface area contributed by atoms with Gasteiger partial charge >= 0.3 is 0 Å². The van der Waals surface area contributed by atoms with Gasteiger partial charge in [0, 0.05) is 145 Å². The molecule has 0 N–H and O–H groups in total. The largest absolute Gasteiger partial charge is 0.456 e. The number of fused-ring (bicyclic) bond motifs is 12. The third-order valence-corrected chi connectivity index (χ3v) is 27.4. The van der Waals surface area contributed by atoms with Crippen LogP contribution >= 0.6 is 0 Å².